The molecule has 222 valence electrons. The quantitative estimate of drug-likeness (QED) is 0.187. The fraction of sp³-hybridized carbons (Fsp3) is 0.0256. The number of para-hydroxylation sites is 1. The fourth-order valence-electron chi connectivity index (χ4n) is 6.58. The Morgan fingerprint density at radius 1 is 0.500 bits per heavy atom. The van der Waals surface area contributed by atoms with E-state index in [2.05, 4.69) is 0 Å². The third-order valence-corrected chi connectivity index (χ3v) is 8.57. The molecule has 7 aromatic rings. The summed E-state index contributed by atoms with van der Waals surface area (Å²) in [7, 11) is 0. The predicted octanol–water partition coefficient (Wildman–Crippen LogP) is 9.94. The summed E-state index contributed by atoms with van der Waals surface area (Å²) in [6.07, 6.45) is -4.59. The van der Waals surface area contributed by atoms with Crippen molar-refractivity contribution in [2.45, 2.75) is 6.18 Å². The lowest BCUT2D eigenvalue weighted by molar-refractivity contribution is -0.136. The van der Waals surface area contributed by atoms with Crippen LogP contribution in [0.25, 0.3) is 49.7 Å². The molecule has 6 aromatic carbocycles. The molecule has 2 amide bonds. The van der Waals surface area contributed by atoms with Crippen LogP contribution in [0.15, 0.2) is 140 Å². The second kappa shape index (κ2) is 10.3. The molecule has 2 heterocycles. The van der Waals surface area contributed by atoms with Gasteiger partial charge in [-0.15, -0.1) is 0 Å². The van der Waals surface area contributed by atoms with Gasteiger partial charge in [0, 0.05) is 16.3 Å². The Labute approximate surface area is 261 Å². The van der Waals surface area contributed by atoms with Crippen LogP contribution in [0.2, 0.25) is 0 Å². The maximum Gasteiger partial charge on any atom is 0.417 e. The molecule has 1 aromatic heterocycles. The van der Waals surface area contributed by atoms with E-state index in [1.54, 1.807) is 59.2 Å². The standard InChI is InChI=1S/C39H23F3N2O2/c40-39(41,42)30-17-10-20-33-35(30)27-15-7-8-18-31(27)43(33)34-19-9-16-28-36(34)38(46)44(37(28)45)32-22-21-26(24-11-3-1-4-12-24)23-29(32)25-13-5-2-6-14-25/h1-23H. The van der Waals surface area contributed by atoms with Crippen molar-refractivity contribution in [3.63, 3.8) is 0 Å². The average Bonchev–Trinajstić information content (AvgIpc) is 3.55. The first kappa shape index (κ1) is 27.6. The Bertz CT molecular complexity index is 2340. The van der Waals surface area contributed by atoms with Crippen LogP contribution in [0.4, 0.5) is 18.9 Å². The first-order valence-electron chi connectivity index (χ1n) is 14.7. The Hall–Kier alpha value is -5.95. The molecular formula is C39H23F3N2O2. The van der Waals surface area contributed by atoms with E-state index in [0.717, 1.165) is 22.8 Å². The summed E-state index contributed by atoms with van der Waals surface area (Å²) < 4.78 is 44.3. The van der Waals surface area contributed by atoms with Crippen molar-refractivity contribution in [1.29, 1.82) is 0 Å². The number of rotatable bonds is 4. The van der Waals surface area contributed by atoms with Crippen LogP contribution in [0.3, 0.4) is 0 Å². The van der Waals surface area contributed by atoms with E-state index in [1.165, 1.54) is 11.0 Å². The molecule has 1 aliphatic heterocycles. The van der Waals surface area contributed by atoms with Crippen molar-refractivity contribution >= 4 is 39.3 Å². The monoisotopic (exact) mass is 608 g/mol. The number of aromatic nitrogens is 1. The van der Waals surface area contributed by atoms with Gasteiger partial charge in [0.2, 0.25) is 0 Å². The van der Waals surface area contributed by atoms with E-state index >= 15 is 0 Å². The molecule has 0 unspecified atom stereocenters. The van der Waals surface area contributed by atoms with Crippen LogP contribution < -0.4 is 4.90 Å². The van der Waals surface area contributed by atoms with E-state index in [-0.39, 0.29) is 16.5 Å². The molecule has 46 heavy (non-hydrogen) atoms. The Morgan fingerprint density at radius 3 is 1.89 bits per heavy atom. The number of carbonyl (C=O) groups excluding carboxylic acids is 2. The van der Waals surface area contributed by atoms with Crippen molar-refractivity contribution in [2.75, 3.05) is 4.90 Å². The summed E-state index contributed by atoms with van der Waals surface area (Å²) >= 11 is 0. The molecule has 0 aliphatic carbocycles. The van der Waals surface area contributed by atoms with Crippen LogP contribution >= 0.6 is 0 Å². The topological polar surface area (TPSA) is 42.3 Å². The summed E-state index contributed by atoms with van der Waals surface area (Å²) in [5.41, 5.74) is 4.55. The number of hydrogen-bond acceptors (Lipinski definition) is 2. The zero-order valence-electron chi connectivity index (χ0n) is 24.1. The highest BCUT2D eigenvalue weighted by Crippen LogP contribution is 2.44. The first-order chi connectivity index (χ1) is 22.3. The number of alkyl halides is 3. The van der Waals surface area contributed by atoms with Crippen LogP contribution in [-0.4, -0.2) is 16.4 Å². The molecule has 0 saturated heterocycles. The van der Waals surface area contributed by atoms with Gasteiger partial charge < -0.3 is 4.57 Å². The Balaban J connectivity index is 1.34. The third-order valence-electron chi connectivity index (χ3n) is 8.57. The van der Waals surface area contributed by atoms with Crippen molar-refractivity contribution < 1.29 is 22.8 Å². The minimum atomic E-state index is -4.59. The van der Waals surface area contributed by atoms with Crippen LogP contribution in [0.5, 0.6) is 0 Å². The van der Waals surface area contributed by atoms with Gasteiger partial charge in [0.05, 0.1) is 39.1 Å². The van der Waals surface area contributed by atoms with Gasteiger partial charge in [0.1, 0.15) is 0 Å². The van der Waals surface area contributed by atoms with E-state index in [0.29, 0.717) is 33.4 Å². The number of hydrogen-bond donors (Lipinski definition) is 0. The first-order valence-corrected chi connectivity index (χ1v) is 14.7. The van der Waals surface area contributed by atoms with Crippen molar-refractivity contribution in [3.05, 3.63) is 156 Å². The molecule has 0 saturated carbocycles. The van der Waals surface area contributed by atoms with E-state index in [9.17, 15) is 22.8 Å². The van der Waals surface area contributed by atoms with Crippen LogP contribution in [-0.2, 0) is 6.18 Å². The Morgan fingerprint density at radius 2 is 1.15 bits per heavy atom. The number of amides is 2. The highest BCUT2D eigenvalue weighted by Gasteiger charge is 2.41. The number of benzene rings is 6. The zero-order chi connectivity index (χ0) is 31.6. The molecular weight excluding hydrogens is 585 g/mol. The lowest BCUT2D eigenvalue weighted by Crippen LogP contribution is -2.30. The van der Waals surface area contributed by atoms with Gasteiger partial charge in [-0.25, -0.2) is 4.90 Å². The van der Waals surface area contributed by atoms with Gasteiger partial charge >= 0.3 is 6.18 Å². The highest BCUT2D eigenvalue weighted by molar-refractivity contribution is 6.36. The zero-order valence-corrected chi connectivity index (χ0v) is 24.1. The highest BCUT2D eigenvalue weighted by atomic mass is 19.4. The summed E-state index contributed by atoms with van der Waals surface area (Å²) in [6, 6.07) is 40.8. The molecule has 0 radical (unpaired) electrons. The smallest absolute Gasteiger partial charge is 0.308 e. The van der Waals surface area contributed by atoms with Gasteiger partial charge in [0.25, 0.3) is 11.8 Å². The van der Waals surface area contributed by atoms with E-state index < -0.39 is 23.6 Å². The van der Waals surface area contributed by atoms with Gasteiger partial charge in [-0.3, -0.25) is 9.59 Å². The predicted molar refractivity (Wildman–Crippen MR) is 174 cm³/mol. The van der Waals surface area contributed by atoms with E-state index in [1.807, 2.05) is 72.8 Å². The van der Waals surface area contributed by atoms with Crippen LogP contribution in [0.1, 0.15) is 26.3 Å². The molecule has 4 nitrogen and oxygen atoms in total. The maximum absolute atomic E-state index is 14.5. The summed E-state index contributed by atoms with van der Waals surface area (Å²) in [5.74, 6) is -1.04. The summed E-state index contributed by atoms with van der Waals surface area (Å²) in [6.45, 7) is 0. The van der Waals surface area contributed by atoms with Crippen molar-refractivity contribution in [1.82, 2.24) is 4.57 Å². The molecule has 0 N–H and O–H groups in total. The number of fused-ring (bicyclic) bond motifs is 4. The normalized spacial score (nSPS) is 13.2. The van der Waals surface area contributed by atoms with Gasteiger partial charge in [-0.05, 0) is 59.2 Å². The second-order valence-corrected chi connectivity index (χ2v) is 11.2. The van der Waals surface area contributed by atoms with Crippen molar-refractivity contribution in [3.8, 4) is 27.9 Å². The van der Waals surface area contributed by atoms with Crippen molar-refractivity contribution in [2.24, 2.45) is 0 Å². The van der Waals surface area contributed by atoms with E-state index in [4.69, 9.17) is 0 Å². The average molecular weight is 609 g/mol. The Kier molecular flexibility index (Phi) is 6.18. The number of halogens is 3. The SMILES string of the molecule is O=C1c2cccc(-n3c4ccccc4c4c(C(F)(F)F)cccc43)c2C(=O)N1c1ccc(-c2ccccc2)cc1-c1ccccc1. The maximum atomic E-state index is 14.5. The number of imide groups is 1. The lowest BCUT2D eigenvalue weighted by atomic mass is 9.97. The lowest BCUT2D eigenvalue weighted by Gasteiger charge is -2.20. The molecule has 8 rings (SSSR count). The largest absolute Gasteiger partial charge is 0.417 e. The second-order valence-electron chi connectivity index (χ2n) is 11.2. The number of anilines is 1. The summed E-state index contributed by atoms with van der Waals surface area (Å²) in [5, 5.41) is 0.444. The fourth-order valence-corrected chi connectivity index (χ4v) is 6.58. The third kappa shape index (κ3) is 4.16. The molecule has 0 atom stereocenters. The number of nitrogens with zero attached hydrogens (tertiary/aromatic N) is 2. The molecule has 0 bridgehead atoms. The molecule has 0 fully saturated rings. The van der Waals surface area contributed by atoms with Gasteiger partial charge in [-0.1, -0.05) is 97.1 Å². The summed E-state index contributed by atoms with van der Waals surface area (Å²) in [4.78, 5) is 29.8. The molecule has 7 heteroatoms. The van der Waals surface area contributed by atoms with Gasteiger partial charge in [-0.2, -0.15) is 13.2 Å². The minimum absolute atomic E-state index is 0.0414. The molecule has 1 aliphatic rings. The van der Waals surface area contributed by atoms with Gasteiger partial charge in [0.15, 0.2) is 0 Å². The van der Waals surface area contributed by atoms with Crippen LogP contribution in [0, 0.1) is 0 Å². The minimum Gasteiger partial charge on any atom is -0.308 e. The molecule has 0 spiro atoms. The number of carbonyl (C=O) groups is 2.